The Kier molecular flexibility index (Phi) is 13.1. The van der Waals surface area contributed by atoms with E-state index >= 15 is 0 Å². The van der Waals surface area contributed by atoms with Gasteiger partial charge in [-0.15, -0.1) is 0 Å². The van der Waals surface area contributed by atoms with Gasteiger partial charge in [-0.1, -0.05) is 78.9 Å². The molecule has 0 aromatic heterocycles. The van der Waals surface area contributed by atoms with Crippen molar-refractivity contribution in [3.63, 3.8) is 0 Å². The number of anilines is 3. The van der Waals surface area contributed by atoms with Crippen molar-refractivity contribution in [3.8, 4) is 0 Å². The van der Waals surface area contributed by atoms with E-state index in [0.29, 0.717) is 55.7 Å². The van der Waals surface area contributed by atoms with Crippen molar-refractivity contribution in [3.05, 3.63) is 125 Å². The Morgan fingerprint density at radius 3 is 2.12 bits per heavy atom. The number of ether oxygens (including phenoxy) is 2. The average molecular weight is 681 g/mol. The second kappa shape index (κ2) is 17.9. The minimum absolute atomic E-state index is 0.0304. The summed E-state index contributed by atoms with van der Waals surface area (Å²) in [6, 6.07) is 31.8. The summed E-state index contributed by atoms with van der Waals surface area (Å²) in [5.74, 6) is -0.263. The number of amides is 2. The molecule has 0 unspecified atom stereocenters. The van der Waals surface area contributed by atoms with Gasteiger partial charge in [-0.2, -0.15) is 0 Å². The highest BCUT2D eigenvalue weighted by Gasteiger charge is 2.34. The summed E-state index contributed by atoms with van der Waals surface area (Å²) in [6.07, 6.45) is 0.604. The van der Waals surface area contributed by atoms with Crippen LogP contribution in [0.25, 0.3) is 0 Å². The zero-order valence-corrected chi connectivity index (χ0v) is 28.7. The quantitative estimate of drug-likeness (QED) is 0.0707. The molecule has 5 atom stereocenters. The van der Waals surface area contributed by atoms with E-state index in [1.807, 2.05) is 105 Å². The van der Waals surface area contributed by atoms with Gasteiger partial charge in [0.25, 0.3) is 0 Å². The van der Waals surface area contributed by atoms with Gasteiger partial charge in [0, 0.05) is 43.1 Å². The third kappa shape index (κ3) is 10.2. The first-order chi connectivity index (χ1) is 24.2. The highest BCUT2D eigenvalue weighted by molar-refractivity contribution is 5.94. The van der Waals surface area contributed by atoms with E-state index in [1.165, 1.54) is 0 Å². The van der Waals surface area contributed by atoms with E-state index in [9.17, 15) is 19.8 Å². The second-order valence-electron chi connectivity index (χ2n) is 12.9. The van der Waals surface area contributed by atoms with Crippen LogP contribution in [0.15, 0.2) is 103 Å². The molecule has 10 heteroatoms. The van der Waals surface area contributed by atoms with E-state index < -0.39 is 12.4 Å². The number of carbonyl (C=O) groups is 2. The molecule has 4 aromatic carbocycles. The number of hydrogen-bond acceptors (Lipinski definition) is 8. The molecule has 1 fully saturated rings. The number of aliphatic hydroxyl groups excluding tert-OH is 2. The summed E-state index contributed by atoms with van der Waals surface area (Å²) in [5.41, 5.74) is 11.1. The Labute approximate surface area is 294 Å². The molecular weight excluding hydrogens is 632 g/mol. The first kappa shape index (κ1) is 36.7. The normalized spacial score (nSPS) is 18.7. The number of nitrogen functional groups attached to an aromatic ring is 1. The molecule has 1 heterocycles. The third-order valence-electron chi connectivity index (χ3n) is 9.16. The van der Waals surface area contributed by atoms with Crippen LogP contribution in [-0.2, 0) is 25.7 Å². The second-order valence-corrected chi connectivity index (χ2v) is 12.9. The van der Waals surface area contributed by atoms with Gasteiger partial charge in [0.05, 0.1) is 36.3 Å². The van der Waals surface area contributed by atoms with Crippen LogP contribution in [0.2, 0.25) is 0 Å². The number of nitrogens with zero attached hydrogens (tertiary/aromatic N) is 1. The number of nitrogens with two attached hydrogens (primary N) is 1. The van der Waals surface area contributed by atoms with Gasteiger partial charge in [-0.3, -0.25) is 14.5 Å². The summed E-state index contributed by atoms with van der Waals surface area (Å²) in [7, 11) is 1.99. The Morgan fingerprint density at radius 1 is 0.840 bits per heavy atom. The number of nitrogens with one attached hydrogen (secondary N) is 2. The fourth-order valence-corrected chi connectivity index (χ4v) is 6.03. The predicted octanol–water partition coefficient (Wildman–Crippen LogP) is 6.50. The fourth-order valence-electron chi connectivity index (χ4n) is 6.03. The first-order valence-corrected chi connectivity index (χ1v) is 17.2. The van der Waals surface area contributed by atoms with E-state index in [1.54, 1.807) is 12.1 Å². The highest BCUT2D eigenvalue weighted by Crippen LogP contribution is 2.38. The molecular formula is C40H48N4O6. The lowest BCUT2D eigenvalue weighted by Gasteiger charge is -2.39. The number of carbonyl (C=O) groups excluding carboxylic acids is 2. The Morgan fingerprint density at radius 2 is 1.46 bits per heavy atom. The molecule has 0 radical (unpaired) electrons. The number of para-hydroxylation sites is 2. The van der Waals surface area contributed by atoms with Gasteiger partial charge in [0.2, 0.25) is 11.8 Å². The molecule has 2 amide bonds. The standard InChI is InChI=1S/C40H48N4O6/c1-27(39(48)30-10-4-3-5-11-30)44(2)25-33-24-36(29-18-16-28(26-45)17-19-29)50-40(49-33)31-20-22-32(23-21-31)42-37(46)14-8-9-15-38(47)43-35-13-7-6-12-34(35)41/h3-7,10-13,16-23,27,33,36,39-40,45,48H,8-9,14-15,24-26,41H2,1-2H3,(H,42,46)(H,43,47)/t27-,33+,36-,39-,40-/m1/s1. The lowest BCUT2D eigenvalue weighted by atomic mass is 9.98. The first-order valence-electron chi connectivity index (χ1n) is 17.2. The number of hydrogen-bond donors (Lipinski definition) is 5. The molecule has 50 heavy (non-hydrogen) atoms. The Balaban J connectivity index is 1.17. The number of benzene rings is 4. The summed E-state index contributed by atoms with van der Waals surface area (Å²) < 4.78 is 13.0. The van der Waals surface area contributed by atoms with Crippen LogP contribution in [0.3, 0.4) is 0 Å². The van der Waals surface area contributed by atoms with Crippen molar-refractivity contribution in [2.45, 2.75) is 76.3 Å². The molecule has 4 aromatic rings. The minimum Gasteiger partial charge on any atom is -0.397 e. The summed E-state index contributed by atoms with van der Waals surface area (Å²) in [4.78, 5) is 27.0. The van der Waals surface area contributed by atoms with Gasteiger partial charge >= 0.3 is 0 Å². The predicted molar refractivity (Wildman–Crippen MR) is 195 cm³/mol. The lowest BCUT2D eigenvalue weighted by molar-refractivity contribution is -0.253. The van der Waals surface area contributed by atoms with Gasteiger partial charge in [0.1, 0.15) is 0 Å². The number of aliphatic hydroxyl groups is 2. The Bertz CT molecular complexity index is 1670. The van der Waals surface area contributed by atoms with Crippen LogP contribution in [0, 0.1) is 0 Å². The van der Waals surface area contributed by atoms with Gasteiger partial charge < -0.3 is 36.1 Å². The summed E-state index contributed by atoms with van der Waals surface area (Å²) >= 11 is 0. The third-order valence-corrected chi connectivity index (χ3v) is 9.16. The van der Waals surface area contributed by atoms with Crippen LogP contribution in [0.5, 0.6) is 0 Å². The maximum Gasteiger partial charge on any atom is 0.224 e. The van der Waals surface area contributed by atoms with Crippen molar-refractivity contribution < 1.29 is 29.3 Å². The minimum atomic E-state index is -0.652. The number of unbranched alkanes of at least 4 members (excludes halogenated alkanes) is 1. The van der Waals surface area contributed by atoms with E-state index in [4.69, 9.17) is 15.2 Å². The van der Waals surface area contributed by atoms with Crippen LogP contribution < -0.4 is 16.4 Å². The monoisotopic (exact) mass is 680 g/mol. The molecule has 10 nitrogen and oxygen atoms in total. The highest BCUT2D eigenvalue weighted by atomic mass is 16.7. The van der Waals surface area contributed by atoms with Crippen molar-refractivity contribution in [2.24, 2.45) is 0 Å². The lowest BCUT2D eigenvalue weighted by Crippen LogP contribution is -2.43. The summed E-state index contributed by atoms with van der Waals surface area (Å²) in [6.45, 7) is 2.55. The SMILES string of the molecule is C[C@H]([C@@H](O)c1ccccc1)N(C)C[C@@H]1C[C@H](c2ccc(CO)cc2)O[C@H](c2ccc(NC(=O)CCCCC(=O)Nc3ccccc3N)cc2)O1. The van der Waals surface area contributed by atoms with Crippen molar-refractivity contribution in [1.82, 2.24) is 4.90 Å². The molecule has 0 saturated carbocycles. The fraction of sp³-hybridized carbons (Fsp3) is 0.350. The zero-order valence-electron chi connectivity index (χ0n) is 28.7. The molecule has 1 aliphatic rings. The van der Waals surface area contributed by atoms with Crippen molar-refractivity contribution in [1.29, 1.82) is 0 Å². The van der Waals surface area contributed by atoms with Crippen molar-refractivity contribution in [2.75, 3.05) is 30.0 Å². The van der Waals surface area contributed by atoms with Gasteiger partial charge in [0.15, 0.2) is 6.29 Å². The smallest absolute Gasteiger partial charge is 0.224 e. The van der Waals surface area contributed by atoms with E-state index in [2.05, 4.69) is 15.5 Å². The largest absolute Gasteiger partial charge is 0.397 e. The zero-order chi connectivity index (χ0) is 35.5. The molecule has 1 aliphatic heterocycles. The maximum absolute atomic E-state index is 12.6. The van der Waals surface area contributed by atoms with Gasteiger partial charge in [-0.05, 0) is 67.8 Å². The molecule has 5 rings (SSSR count). The molecule has 1 saturated heterocycles. The molecule has 0 bridgehead atoms. The topological polar surface area (TPSA) is 146 Å². The van der Waals surface area contributed by atoms with Gasteiger partial charge in [-0.25, -0.2) is 0 Å². The Hall–Kier alpha value is -4.58. The average Bonchev–Trinajstić information content (AvgIpc) is 3.14. The molecule has 6 N–H and O–H groups in total. The molecule has 0 aliphatic carbocycles. The van der Waals surface area contributed by atoms with Crippen molar-refractivity contribution >= 4 is 28.9 Å². The van der Waals surface area contributed by atoms with Crippen LogP contribution in [0.1, 0.15) is 79.8 Å². The molecule has 264 valence electrons. The van der Waals surface area contributed by atoms with Crippen LogP contribution >= 0.6 is 0 Å². The number of rotatable bonds is 15. The number of likely N-dealkylation sites (N-methyl/N-ethyl adjacent to an activating group) is 1. The molecule has 0 spiro atoms. The van der Waals surface area contributed by atoms with E-state index in [-0.39, 0.29) is 36.7 Å². The van der Waals surface area contributed by atoms with Crippen LogP contribution in [-0.4, -0.2) is 52.7 Å². The van der Waals surface area contributed by atoms with E-state index in [0.717, 1.165) is 22.3 Å². The van der Waals surface area contributed by atoms with Crippen LogP contribution in [0.4, 0.5) is 17.1 Å². The maximum atomic E-state index is 12.6. The summed E-state index contributed by atoms with van der Waals surface area (Å²) in [5, 5.41) is 26.3.